The molecule has 0 spiro atoms. The minimum Gasteiger partial charge on any atom is -0.468 e. The van der Waals surface area contributed by atoms with Crippen LogP contribution >= 0.6 is 0 Å². The Morgan fingerprint density at radius 3 is 1.28 bits per heavy atom. The van der Waals surface area contributed by atoms with Crippen LogP contribution in [0.5, 0.6) is 0 Å². The number of methoxy groups -OCH3 is 3. The van der Waals surface area contributed by atoms with Gasteiger partial charge in [-0.05, 0) is 34.1 Å². The first-order chi connectivity index (χ1) is 14.7. The maximum atomic E-state index is 12.5. The first-order valence-electron chi connectivity index (χ1n) is 10.1. The molecule has 9 heteroatoms. The first-order valence-corrected chi connectivity index (χ1v) is 10.1. The lowest BCUT2D eigenvalue weighted by Crippen LogP contribution is -2.40. The van der Waals surface area contributed by atoms with Crippen molar-refractivity contribution in [3.63, 3.8) is 0 Å². The highest BCUT2D eigenvalue weighted by molar-refractivity contribution is 5.97. The monoisotopic (exact) mass is 456 g/mol. The maximum Gasteiger partial charge on any atom is 0.334 e. The van der Waals surface area contributed by atoms with Gasteiger partial charge in [-0.3, -0.25) is 9.59 Å². The van der Waals surface area contributed by atoms with Crippen LogP contribution in [-0.4, -0.2) is 65.0 Å². The van der Waals surface area contributed by atoms with Gasteiger partial charge in [-0.2, -0.15) is 0 Å². The third-order valence-corrected chi connectivity index (χ3v) is 5.61. The second kappa shape index (κ2) is 11.8. The zero-order valence-corrected chi connectivity index (χ0v) is 20.4. The zero-order valence-electron chi connectivity index (χ0n) is 20.4. The molecule has 9 nitrogen and oxygen atoms in total. The van der Waals surface area contributed by atoms with E-state index in [1.54, 1.807) is 0 Å². The van der Waals surface area contributed by atoms with Crippen LogP contribution in [-0.2, 0) is 42.9 Å². The van der Waals surface area contributed by atoms with Crippen molar-refractivity contribution in [2.45, 2.75) is 41.0 Å². The molecule has 182 valence electrons. The van der Waals surface area contributed by atoms with Gasteiger partial charge in [0.05, 0.1) is 37.1 Å². The Bertz CT molecular complexity index is 691. The molecule has 0 heterocycles. The highest BCUT2D eigenvalue weighted by Gasteiger charge is 2.40. The lowest BCUT2D eigenvalue weighted by molar-refractivity contribution is -0.159. The first kappa shape index (κ1) is 29.3. The summed E-state index contributed by atoms with van der Waals surface area (Å²) in [6.45, 7) is 15.0. The normalized spacial score (nSPS) is 11.9. The molecule has 0 radical (unpaired) electrons. The van der Waals surface area contributed by atoms with Gasteiger partial charge in [0.15, 0.2) is 0 Å². The van der Waals surface area contributed by atoms with E-state index in [2.05, 4.69) is 13.2 Å². The summed E-state index contributed by atoms with van der Waals surface area (Å²) in [5.41, 5.74) is -3.56. The van der Waals surface area contributed by atoms with E-state index < -0.39 is 40.1 Å². The second-order valence-corrected chi connectivity index (χ2v) is 8.63. The molecule has 0 unspecified atom stereocenters. The molecular formula is C23H36O9. The number of hydrogen-bond acceptors (Lipinski definition) is 9. The summed E-state index contributed by atoms with van der Waals surface area (Å²) in [5, 5.41) is 0. The van der Waals surface area contributed by atoms with Crippen molar-refractivity contribution in [2.24, 2.45) is 16.2 Å². The van der Waals surface area contributed by atoms with E-state index in [1.807, 2.05) is 6.92 Å². The molecule has 0 atom stereocenters. The Morgan fingerprint density at radius 1 is 0.688 bits per heavy atom. The molecule has 0 aromatic carbocycles. The van der Waals surface area contributed by atoms with Crippen LogP contribution in [0, 0.1) is 16.2 Å². The number of hydrogen-bond donors (Lipinski definition) is 0. The summed E-state index contributed by atoms with van der Waals surface area (Å²) in [7, 11) is 3.90. The predicted molar refractivity (Wildman–Crippen MR) is 116 cm³/mol. The van der Waals surface area contributed by atoms with E-state index in [-0.39, 0.29) is 31.0 Å². The quantitative estimate of drug-likeness (QED) is 0.234. The molecule has 0 aliphatic heterocycles. The number of carbonyl (C=O) groups excluding carboxylic acids is 4. The Kier molecular flexibility index (Phi) is 10.8. The van der Waals surface area contributed by atoms with Crippen molar-refractivity contribution in [1.29, 1.82) is 0 Å². The summed E-state index contributed by atoms with van der Waals surface area (Å²) >= 11 is 0. The third-order valence-electron chi connectivity index (χ3n) is 5.61. The van der Waals surface area contributed by atoms with Gasteiger partial charge < -0.3 is 23.7 Å². The van der Waals surface area contributed by atoms with E-state index >= 15 is 0 Å². The fourth-order valence-electron chi connectivity index (χ4n) is 2.62. The van der Waals surface area contributed by atoms with Gasteiger partial charge in [-0.15, -0.1) is 0 Å². The van der Waals surface area contributed by atoms with Crippen molar-refractivity contribution in [2.75, 3.05) is 41.2 Å². The molecule has 0 fully saturated rings. The maximum absolute atomic E-state index is 12.5. The Labute approximate surface area is 190 Å². The summed E-state index contributed by atoms with van der Waals surface area (Å²) in [6.07, 6.45) is 0.432. The van der Waals surface area contributed by atoms with Gasteiger partial charge >= 0.3 is 23.9 Å². The summed E-state index contributed by atoms with van der Waals surface area (Å²) < 4.78 is 25.5. The van der Waals surface area contributed by atoms with Gasteiger partial charge in [0.25, 0.3) is 0 Å². The molecule has 0 bridgehead atoms. The van der Waals surface area contributed by atoms with Crippen molar-refractivity contribution in [3.8, 4) is 0 Å². The van der Waals surface area contributed by atoms with Gasteiger partial charge in [0.1, 0.15) is 13.2 Å². The average molecular weight is 457 g/mol. The van der Waals surface area contributed by atoms with Gasteiger partial charge in [0, 0.05) is 18.3 Å². The van der Waals surface area contributed by atoms with Crippen molar-refractivity contribution in [3.05, 3.63) is 24.3 Å². The zero-order chi connectivity index (χ0) is 25.3. The topological polar surface area (TPSA) is 114 Å². The SMILES string of the molecule is C=C(C(=O)OCC(CC)(COC)COC(=O)C(=C)C(C)(C)C(=O)OC)C(C)(C)C(=O)OC. The molecule has 32 heavy (non-hydrogen) atoms. The van der Waals surface area contributed by atoms with E-state index in [9.17, 15) is 19.2 Å². The average Bonchev–Trinajstić information content (AvgIpc) is 2.77. The largest absolute Gasteiger partial charge is 0.468 e. The molecule has 0 rings (SSSR count). The summed E-state index contributed by atoms with van der Waals surface area (Å²) in [4.78, 5) is 48.9. The third kappa shape index (κ3) is 6.91. The van der Waals surface area contributed by atoms with Crippen molar-refractivity contribution >= 4 is 23.9 Å². The van der Waals surface area contributed by atoms with Crippen LogP contribution in [0.15, 0.2) is 24.3 Å². The van der Waals surface area contributed by atoms with Crippen LogP contribution in [0.2, 0.25) is 0 Å². The van der Waals surface area contributed by atoms with Crippen molar-refractivity contribution in [1.82, 2.24) is 0 Å². The van der Waals surface area contributed by atoms with E-state index in [0.29, 0.717) is 6.42 Å². The fourth-order valence-corrected chi connectivity index (χ4v) is 2.62. The van der Waals surface area contributed by atoms with Crippen LogP contribution in [0.1, 0.15) is 41.0 Å². The molecular weight excluding hydrogens is 420 g/mol. The Morgan fingerprint density at radius 2 is 1.03 bits per heavy atom. The van der Waals surface area contributed by atoms with Gasteiger partial charge in [0.2, 0.25) is 0 Å². The lowest BCUT2D eigenvalue weighted by Gasteiger charge is -2.32. The number of ether oxygens (including phenoxy) is 5. The Balaban J connectivity index is 5.37. The van der Waals surface area contributed by atoms with Gasteiger partial charge in [-0.1, -0.05) is 20.1 Å². The molecule has 0 aromatic rings. The number of rotatable bonds is 13. The molecule has 0 saturated carbocycles. The van der Waals surface area contributed by atoms with E-state index in [4.69, 9.17) is 23.7 Å². The summed E-state index contributed by atoms with van der Waals surface area (Å²) in [5.74, 6) is -2.81. The molecule has 0 aromatic heterocycles. The minimum absolute atomic E-state index is 0.0722. The molecule has 0 N–H and O–H groups in total. The van der Waals surface area contributed by atoms with Crippen LogP contribution < -0.4 is 0 Å². The number of carbonyl (C=O) groups is 4. The number of esters is 4. The molecule has 0 aliphatic rings. The van der Waals surface area contributed by atoms with E-state index in [0.717, 1.165) is 0 Å². The van der Waals surface area contributed by atoms with Crippen LogP contribution in [0.3, 0.4) is 0 Å². The molecule has 0 amide bonds. The Hall–Kier alpha value is -2.68. The highest BCUT2D eigenvalue weighted by atomic mass is 16.6. The van der Waals surface area contributed by atoms with E-state index in [1.165, 1.54) is 49.0 Å². The molecule has 0 saturated heterocycles. The fraction of sp³-hybridized carbons (Fsp3) is 0.652. The van der Waals surface area contributed by atoms with Crippen LogP contribution in [0.4, 0.5) is 0 Å². The summed E-state index contributed by atoms with van der Waals surface area (Å²) in [6, 6.07) is 0. The van der Waals surface area contributed by atoms with Gasteiger partial charge in [-0.25, -0.2) is 9.59 Å². The minimum atomic E-state index is -1.27. The lowest BCUT2D eigenvalue weighted by atomic mass is 9.84. The molecule has 0 aliphatic carbocycles. The second-order valence-electron chi connectivity index (χ2n) is 8.63. The smallest absolute Gasteiger partial charge is 0.334 e. The van der Waals surface area contributed by atoms with Crippen LogP contribution in [0.25, 0.3) is 0 Å². The standard InChI is InChI=1S/C23H36O9/c1-11-23(12-28-8,13-31-17(24)15(2)21(4,5)19(26)29-9)14-32-18(25)16(3)22(6,7)20(27)30-10/h2-3,11-14H2,1,4-10H3. The predicted octanol–water partition coefficient (Wildman–Crippen LogP) is 2.63. The van der Waals surface area contributed by atoms with Crippen molar-refractivity contribution < 1.29 is 42.9 Å². The highest BCUT2D eigenvalue weighted by Crippen LogP contribution is 2.31.